The summed E-state index contributed by atoms with van der Waals surface area (Å²) in [4.78, 5) is 36.7. The molecule has 182 valence electrons. The molecule has 10 heteroatoms. The van der Waals surface area contributed by atoms with Crippen molar-refractivity contribution in [3.05, 3.63) is 88.8 Å². The van der Waals surface area contributed by atoms with Crippen LogP contribution in [0.1, 0.15) is 15.9 Å². The minimum atomic E-state index is -0.697. The van der Waals surface area contributed by atoms with Crippen molar-refractivity contribution in [2.24, 2.45) is 0 Å². The molecule has 5 rings (SSSR count). The van der Waals surface area contributed by atoms with E-state index in [0.717, 1.165) is 6.07 Å². The molecule has 0 unspecified atom stereocenters. The maximum atomic E-state index is 14.6. The van der Waals surface area contributed by atoms with Crippen molar-refractivity contribution in [2.75, 3.05) is 41.8 Å². The van der Waals surface area contributed by atoms with Gasteiger partial charge in [0, 0.05) is 35.1 Å². The first-order valence-electron chi connectivity index (χ1n) is 11.2. The number of benzene rings is 3. The number of ether oxygens (including phenoxy) is 1. The van der Waals surface area contributed by atoms with E-state index in [1.165, 1.54) is 12.1 Å². The van der Waals surface area contributed by atoms with Crippen LogP contribution in [0.25, 0.3) is 11.0 Å². The molecular weight excluding hydrogens is 485 g/mol. The number of nitrogens with one attached hydrogen (secondary N) is 2. The molecule has 0 atom stereocenters. The van der Waals surface area contributed by atoms with Crippen LogP contribution in [-0.4, -0.2) is 48.1 Å². The Balaban J connectivity index is 1.36. The smallest absolute Gasteiger partial charge is 0.323 e. The Kier molecular flexibility index (Phi) is 6.75. The summed E-state index contributed by atoms with van der Waals surface area (Å²) in [5, 5.41) is 5.80. The number of rotatable bonds is 5. The number of hydrogen-bond donors (Lipinski definition) is 2. The van der Waals surface area contributed by atoms with Crippen LogP contribution in [0, 0.1) is 5.82 Å². The third kappa shape index (κ3) is 5.27. The Morgan fingerprint density at radius 3 is 2.42 bits per heavy atom. The number of urea groups is 1. The summed E-state index contributed by atoms with van der Waals surface area (Å²) in [7, 11) is 0. The lowest BCUT2D eigenvalue weighted by Crippen LogP contribution is -2.36. The van der Waals surface area contributed by atoms with Crippen LogP contribution in [0.3, 0.4) is 0 Å². The summed E-state index contributed by atoms with van der Waals surface area (Å²) < 4.78 is 20.0. The van der Waals surface area contributed by atoms with E-state index >= 15 is 0 Å². The number of hydrogen-bond acceptors (Lipinski definition) is 6. The molecular formula is C26H21ClFN5O3. The van der Waals surface area contributed by atoms with E-state index in [2.05, 4.69) is 25.5 Å². The first-order chi connectivity index (χ1) is 17.5. The standard InChI is InChI=1S/C26H21ClFN5O3/c27-17-2-4-18(5-3-17)30-26(35)31-19-6-7-21(28)20(14-19)25(34)16-1-8-22-23(13-16)32-24(15-29-22)33-9-11-36-12-10-33/h1-8,13-15H,9-12H2,(H2,30,31,35). The lowest BCUT2D eigenvalue weighted by Gasteiger charge is -2.27. The fourth-order valence-electron chi connectivity index (χ4n) is 3.85. The van der Waals surface area contributed by atoms with Crippen LogP contribution >= 0.6 is 11.6 Å². The molecule has 0 bridgehead atoms. The summed E-state index contributed by atoms with van der Waals surface area (Å²) >= 11 is 5.86. The Labute approximate surface area is 211 Å². The molecule has 1 aromatic heterocycles. The van der Waals surface area contributed by atoms with Gasteiger partial charge in [-0.05, 0) is 60.7 Å². The molecule has 4 aromatic rings. The van der Waals surface area contributed by atoms with Gasteiger partial charge in [-0.2, -0.15) is 0 Å². The molecule has 1 aliphatic heterocycles. The number of carbonyl (C=O) groups excluding carboxylic acids is 2. The Hall–Kier alpha value is -4.08. The average molecular weight is 506 g/mol. The first kappa shape index (κ1) is 23.7. The average Bonchev–Trinajstić information content (AvgIpc) is 2.90. The molecule has 2 amide bonds. The van der Waals surface area contributed by atoms with Crippen LogP contribution in [0.5, 0.6) is 0 Å². The van der Waals surface area contributed by atoms with E-state index in [1.807, 2.05) is 0 Å². The zero-order valence-electron chi connectivity index (χ0n) is 19.0. The Morgan fingerprint density at radius 2 is 1.64 bits per heavy atom. The first-order valence-corrected chi connectivity index (χ1v) is 11.6. The van der Waals surface area contributed by atoms with Gasteiger partial charge in [-0.1, -0.05) is 11.6 Å². The van der Waals surface area contributed by atoms with Gasteiger partial charge in [0.2, 0.25) is 0 Å². The van der Waals surface area contributed by atoms with Crippen LogP contribution in [0.15, 0.2) is 66.9 Å². The zero-order chi connectivity index (χ0) is 25.1. The topological polar surface area (TPSA) is 96.5 Å². The highest BCUT2D eigenvalue weighted by molar-refractivity contribution is 6.30. The van der Waals surface area contributed by atoms with Crippen molar-refractivity contribution < 1.29 is 18.7 Å². The highest BCUT2D eigenvalue weighted by Gasteiger charge is 2.18. The lowest BCUT2D eigenvalue weighted by atomic mass is 10.0. The van der Waals surface area contributed by atoms with Gasteiger partial charge >= 0.3 is 6.03 Å². The van der Waals surface area contributed by atoms with Gasteiger partial charge in [0.1, 0.15) is 11.6 Å². The molecule has 0 radical (unpaired) electrons. The van der Waals surface area contributed by atoms with E-state index in [-0.39, 0.29) is 16.8 Å². The maximum Gasteiger partial charge on any atom is 0.323 e. The van der Waals surface area contributed by atoms with E-state index in [4.69, 9.17) is 16.3 Å². The van der Waals surface area contributed by atoms with Crippen LogP contribution < -0.4 is 15.5 Å². The minimum Gasteiger partial charge on any atom is -0.378 e. The minimum absolute atomic E-state index is 0.170. The van der Waals surface area contributed by atoms with Gasteiger partial charge in [-0.3, -0.25) is 9.78 Å². The van der Waals surface area contributed by atoms with Gasteiger partial charge in [-0.25, -0.2) is 14.2 Å². The normalized spacial score (nSPS) is 13.4. The molecule has 0 aliphatic carbocycles. The Morgan fingerprint density at radius 1 is 0.917 bits per heavy atom. The zero-order valence-corrected chi connectivity index (χ0v) is 19.8. The van der Waals surface area contributed by atoms with Crippen molar-refractivity contribution in [1.82, 2.24) is 9.97 Å². The van der Waals surface area contributed by atoms with Gasteiger partial charge in [0.05, 0.1) is 36.0 Å². The number of ketones is 1. The molecule has 36 heavy (non-hydrogen) atoms. The Bertz CT molecular complexity index is 1440. The summed E-state index contributed by atoms with van der Waals surface area (Å²) in [6.45, 7) is 2.63. The molecule has 8 nitrogen and oxygen atoms in total. The van der Waals surface area contributed by atoms with Crippen LogP contribution in [-0.2, 0) is 4.74 Å². The largest absolute Gasteiger partial charge is 0.378 e. The van der Waals surface area contributed by atoms with Gasteiger partial charge in [-0.15, -0.1) is 0 Å². The summed E-state index contributed by atoms with van der Waals surface area (Å²) in [6.07, 6.45) is 1.69. The van der Waals surface area contributed by atoms with Gasteiger partial charge in [0.25, 0.3) is 0 Å². The summed E-state index contributed by atoms with van der Waals surface area (Å²) in [5.41, 5.74) is 2.04. The summed E-state index contributed by atoms with van der Waals surface area (Å²) in [5.74, 6) is -0.536. The maximum absolute atomic E-state index is 14.6. The van der Waals surface area contributed by atoms with E-state index < -0.39 is 17.6 Å². The second-order valence-electron chi connectivity index (χ2n) is 8.14. The second kappa shape index (κ2) is 10.3. The van der Waals surface area contributed by atoms with Gasteiger partial charge < -0.3 is 20.3 Å². The molecule has 2 heterocycles. The number of anilines is 3. The van der Waals surface area contributed by atoms with Gasteiger partial charge in [0.15, 0.2) is 5.78 Å². The predicted molar refractivity (Wildman–Crippen MR) is 136 cm³/mol. The van der Waals surface area contributed by atoms with Crippen LogP contribution in [0.2, 0.25) is 5.02 Å². The number of morpholine rings is 1. The predicted octanol–water partition coefficient (Wildman–Crippen LogP) is 5.13. The number of fused-ring (bicyclic) bond motifs is 1. The highest BCUT2D eigenvalue weighted by atomic mass is 35.5. The van der Waals surface area contributed by atoms with E-state index in [0.29, 0.717) is 53.9 Å². The number of nitrogens with zero attached hydrogens (tertiary/aromatic N) is 3. The molecule has 3 aromatic carbocycles. The number of aromatic nitrogens is 2. The SMILES string of the molecule is O=C(Nc1ccc(Cl)cc1)Nc1ccc(F)c(C(=O)c2ccc3ncc(N4CCOCC4)nc3c2)c1. The van der Waals surface area contributed by atoms with E-state index in [1.54, 1.807) is 48.7 Å². The lowest BCUT2D eigenvalue weighted by molar-refractivity contribution is 0.103. The quantitative estimate of drug-likeness (QED) is 0.365. The third-order valence-corrected chi connectivity index (χ3v) is 5.95. The van der Waals surface area contributed by atoms with Crippen LogP contribution in [0.4, 0.5) is 26.4 Å². The second-order valence-corrected chi connectivity index (χ2v) is 8.58. The molecule has 2 N–H and O–H groups in total. The van der Waals surface area contributed by atoms with Crippen molar-refractivity contribution in [3.8, 4) is 0 Å². The fraction of sp³-hybridized carbons (Fsp3) is 0.154. The molecule has 1 aliphatic rings. The third-order valence-electron chi connectivity index (χ3n) is 5.70. The summed E-state index contributed by atoms with van der Waals surface area (Å²) in [6, 6.07) is 14.7. The molecule has 1 saturated heterocycles. The van der Waals surface area contributed by atoms with Crippen molar-refractivity contribution in [1.29, 1.82) is 0 Å². The van der Waals surface area contributed by atoms with Crippen molar-refractivity contribution in [2.45, 2.75) is 0 Å². The highest BCUT2D eigenvalue weighted by Crippen LogP contribution is 2.23. The number of carbonyl (C=O) groups is 2. The van der Waals surface area contributed by atoms with Crippen molar-refractivity contribution in [3.63, 3.8) is 0 Å². The fourth-order valence-corrected chi connectivity index (χ4v) is 3.97. The molecule has 0 saturated carbocycles. The number of halogens is 2. The number of amides is 2. The van der Waals surface area contributed by atoms with E-state index in [9.17, 15) is 14.0 Å². The van der Waals surface area contributed by atoms with Crippen molar-refractivity contribution >= 4 is 51.6 Å². The monoisotopic (exact) mass is 505 g/mol. The molecule has 0 spiro atoms. The molecule has 1 fully saturated rings.